The number of benzene rings is 1. The minimum absolute atomic E-state index is 0.0243. The Morgan fingerprint density at radius 3 is 2.61 bits per heavy atom. The van der Waals surface area contributed by atoms with Gasteiger partial charge in [-0.1, -0.05) is 11.6 Å². The first-order valence-electron chi connectivity index (χ1n) is 5.29. The first-order chi connectivity index (χ1) is 8.38. The van der Waals surface area contributed by atoms with Crippen LogP contribution in [-0.4, -0.2) is 21.0 Å². The Bertz CT molecular complexity index is 579. The molecule has 2 rings (SSSR count). The Morgan fingerprint density at radius 2 is 2.06 bits per heavy atom. The van der Waals surface area contributed by atoms with Crippen molar-refractivity contribution in [2.24, 2.45) is 5.92 Å². The predicted molar refractivity (Wildman–Crippen MR) is 67.5 cm³/mol. The smallest absolute Gasteiger partial charge is 0.338 e. The summed E-state index contributed by atoms with van der Waals surface area (Å²) in [5, 5.41) is -0.0243. The second kappa shape index (κ2) is 5.07. The number of hydrogen-bond donors (Lipinski definition) is 0. The quantitative estimate of drug-likeness (QED) is 0.634. The lowest BCUT2D eigenvalue weighted by Gasteiger charge is -2.06. The Balaban J connectivity index is 2.20. The molecule has 1 aliphatic carbocycles. The molecule has 1 aromatic rings. The lowest BCUT2D eigenvalue weighted by molar-refractivity contribution is 0.0486. The van der Waals surface area contributed by atoms with Crippen LogP contribution in [0.25, 0.3) is 0 Å². The van der Waals surface area contributed by atoms with Gasteiger partial charge in [0.05, 0.1) is 17.2 Å². The minimum Gasteiger partial charge on any atom is -0.462 e. The van der Waals surface area contributed by atoms with Gasteiger partial charge in [-0.2, -0.15) is 0 Å². The maximum atomic E-state index is 11.7. The average Bonchev–Trinajstić information content (AvgIpc) is 3.08. The highest BCUT2D eigenvalue weighted by Crippen LogP contribution is 2.30. The summed E-state index contributed by atoms with van der Waals surface area (Å²) in [6.07, 6.45) is 2.13. The van der Waals surface area contributed by atoms with Gasteiger partial charge in [-0.3, -0.25) is 0 Å². The van der Waals surface area contributed by atoms with Gasteiger partial charge in [0.25, 0.3) is 9.05 Å². The summed E-state index contributed by atoms with van der Waals surface area (Å²) >= 11 is 5.71. The maximum absolute atomic E-state index is 11.7. The number of halogens is 2. The summed E-state index contributed by atoms with van der Waals surface area (Å²) in [5.74, 6) is -0.127. The number of carbonyl (C=O) groups is 1. The summed E-state index contributed by atoms with van der Waals surface area (Å²) in [4.78, 5) is 11.4. The van der Waals surface area contributed by atoms with Crippen molar-refractivity contribution in [2.75, 3.05) is 6.61 Å². The molecule has 1 aromatic carbocycles. The fraction of sp³-hybridized carbons (Fsp3) is 0.364. The van der Waals surface area contributed by atoms with Gasteiger partial charge in [0.2, 0.25) is 0 Å². The summed E-state index contributed by atoms with van der Waals surface area (Å²) in [6, 6.07) is 3.84. The molecule has 1 fully saturated rings. The van der Waals surface area contributed by atoms with Crippen molar-refractivity contribution >= 4 is 37.3 Å². The molecular weight excluding hydrogens is 299 g/mol. The molecule has 4 nitrogen and oxygen atoms in total. The molecule has 0 aromatic heterocycles. The van der Waals surface area contributed by atoms with Crippen LogP contribution in [0.2, 0.25) is 5.02 Å². The summed E-state index contributed by atoms with van der Waals surface area (Å²) < 4.78 is 27.5. The second-order valence-corrected chi connectivity index (χ2v) is 7.07. The Labute approximate surface area is 114 Å². The lowest BCUT2D eigenvalue weighted by Crippen LogP contribution is -2.08. The van der Waals surface area contributed by atoms with Crippen LogP contribution >= 0.6 is 22.3 Å². The van der Waals surface area contributed by atoms with Crippen LogP contribution in [0.5, 0.6) is 0 Å². The summed E-state index contributed by atoms with van der Waals surface area (Å²) in [7, 11) is 1.24. The average molecular weight is 309 g/mol. The van der Waals surface area contributed by atoms with E-state index in [0.29, 0.717) is 12.5 Å². The topological polar surface area (TPSA) is 60.4 Å². The lowest BCUT2D eigenvalue weighted by atomic mass is 10.2. The number of hydrogen-bond acceptors (Lipinski definition) is 4. The van der Waals surface area contributed by atoms with E-state index in [9.17, 15) is 13.2 Å². The van der Waals surface area contributed by atoms with Crippen molar-refractivity contribution in [1.29, 1.82) is 0 Å². The number of rotatable bonds is 4. The van der Waals surface area contributed by atoms with Gasteiger partial charge in [0.1, 0.15) is 4.90 Å². The van der Waals surface area contributed by atoms with Crippen molar-refractivity contribution < 1.29 is 17.9 Å². The van der Waals surface area contributed by atoms with E-state index in [2.05, 4.69) is 0 Å². The van der Waals surface area contributed by atoms with Crippen LogP contribution < -0.4 is 0 Å². The highest BCUT2D eigenvalue weighted by molar-refractivity contribution is 8.13. The van der Waals surface area contributed by atoms with Gasteiger partial charge in [0, 0.05) is 10.7 Å². The Morgan fingerprint density at radius 1 is 1.39 bits per heavy atom. The Kier molecular flexibility index (Phi) is 3.84. The first-order valence-corrected chi connectivity index (χ1v) is 7.98. The number of ether oxygens (including phenoxy) is 1. The number of carbonyl (C=O) groups excluding carboxylic acids is 1. The molecule has 18 heavy (non-hydrogen) atoms. The zero-order valence-corrected chi connectivity index (χ0v) is 11.6. The molecule has 1 aliphatic rings. The maximum Gasteiger partial charge on any atom is 0.338 e. The molecule has 0 unspecified atom stereocenters. The fourth-order valence-electron chi connectivity index (χ4n) is 1.38. The van der Waals surface area contributed by atoms with E-state index in [1.807, 2.05) is 0 Å². The third kappa shape index (κ3) is 3.37. The monoisotopic (exact) mass is 308 g/mol. The van der Waals surface area contributed by atoms with Crippen LogP contribution in [0.3, 0.4) is 0 Å². The third-order valence-electron chi connectivity index (χ3n) is 2.58. The zero-order chi connectivity index (χ0) is 13.3. The van der Waals surface area contributed by atoms with Gasteiger partial charge >= 0.3 is 5.97 Å². The molecule has 0 N–H and O–H groups in total. The molecule has 0 radical (unpaired) electrons. The van der Waals surface area contributed by atoms with E-state index < -0.39 is 15.0 Å². The van der Waals surface area contributed by atoms with Crippen LogP contribution in [0.1, 0.15) is 23.2 Å². The van der Waals surface area contributed by atoms with E-state index in [1.54, 1.807) is 0 Å². The molecule has 98 valence electrons. The fourth-order valence-corrected chi connectivity index (χ4v) is 2.87. The van der Waals surface area contributed by atoms with E-state index in [0.717, 1.165) is 18.9 Å². The van der Waals surface area contributed by atoms with Crippen molar-refractivity contribution in [3.63, 3.8) is 0 Å². The van der Waals surface area contributed by atoms with Crippen molar-refractivity contribution in [3.05, 3.63) is 28.8 Å². The van der Waals surface area contributed by atoms with E-state index in [4.69, 9.17) is 27.0 Å². The molecule has 0 atom stereocenters. The zero-order valence-electron chi connectivity index (χ0n) is 9.23. The minimum atomic E-state index is -3.98. The molecule has 0 saturated heterocycles. The second-order valence-electron chi connectivity index (χ2n) is 4.12. The van der Waals surface area contributed by atoms with Gasteiger partial charge in [-0.05, 0) is 37.0 Å². The predicted octanol–water partition coefficient (Wildman–Crippen LogP) is 2.83. The van der Waals surface area contributed by atoms with Crippen LogP contribution in [-0.2, 0) is 13.8 Å². The molecule has 0 heterocycles. The van der Waals surface area contributed by atoms with Crippen molar-refractivity contribution in [3.8, 4) is 0 Å². The van der Waals surface area contributed by atoms with Gasteiger partial charge < -0.3 is 4.74 Å². The summed E-state index contributed by atoms with van der Waals surface area (Å²) in [6.45, 7) is 0.365. The normalized spacial score (nSPS) is 15.4. The highest BCUT2D eigenvalue weighted by Gasteiger charge is 2.24. The van der Waals surface area contributed by atoms with Crippen LogP contribution in [0, 0.1) is 5.92 Å². The number of esters is 1. The van der Waals surface area contributed by atoms with Crippen LogP contribution in [0.4, 0.5) is 0 Å². The third-order valence-corrected chi connectivity index (χ3v) is 4.38. The van der Waals surface area contributed by atoms with E-state index >= 15 is 0 Å². The van der Waals surface area contributed by atoms with Gasteiger partial charge in [0.15, 0.2) is 0 Å². The Hall–Kier alpha value is -0.780. The molecular formula is C11H10Cl2O4S. The molecule has 0 aliphatic heterocycles. The van der Waals surface area contributed by atoms with E-state index in [1.165, 1.54) is 12.1 Å². The summed E-state index contributed by atoms with van der Waals surface area (Å²) in [5.41, 5.74) is 0.124. The SMILES string of the molecule is O=C(OCC1CC1)c1ccc(Cl)c(S(=O)(=O)Cl)c1. The highest BCUT2D eigenvalue weighted by atomic mass is 35.7. The van der Waals surface area contributed by atoms with E-state index in [-0.39, 0.29) is 15.5 Å². The van der Waals surface area contributed by atoms with Crippen molar-refractivity contribution in [2.45, 2.75) is 17.7 Å². The molecule has 7 heteroatoms. The molecule has 0 bridgehead atoms. The molecule has 0 spiro atoms. The van der Waals surface area contributed by atoms with Crippen LogP contribution in [0.15, 0.2) is 23.1 Å². The first kappa shape index (κ1) is 13.6. The largest absolute Gasteiger partial charge is 0.462 e. The molecule has 1 saturated carbocycles. The van der Waals surface area contributed by atoms with Gasteiger partial charge in [-0.25, -0.2) is 13.2 Å². The standard InChI is InChI=1S/C11H10Cl2O4S/c12-9-4-3-8(5-10(9)18(13,15)16)11(14)17-6-7-1-2-7/h3-5,7H,1-2,6H2. The molecule has 0 amide bonds. The van der Waals surface area contributed by atoms with Gasteiger partial charge in [-0.15, -0.1) is 0 Å². The van der Waals surface area contributed by atoms with Crippen molar-refractivity contribution in [1.82, 2.24) is 0 Å².